The van der Waals surface area contributed by atoms with Crippen LogP contribution in [0.4, 0.5) is 5.13 Å². The van der Waals surface area contributed by atoms with Crippen LogP contribution in [0.25, 0.3) is 21.6 Å². The molecule has 0 saturated carbocycles. The molecule has 1 amide bonds. The number of fused-ring (bicyclic) bond motifs is 1. The van der Waals surface area contributed by atoms with Gasteiger partial charge in [0.05, 0.1) is 10.2 Å². The first-order chi connectivity index (χ1) is 12.6. The number of aryl methyl sites for hydroxylation is 2. The summed E-state index contributed by atoms with van der Waals surface area (Å²) in [7, 11) is 0. The standard InChI is InChI=1S/C18H16N6OS/c1-3-24-16(21-22-23-24)12-5-4-6-13(10-12)17(25)20-18-19-14-8-7-11(2)9-15(14)26-18/h4-10H,3H2,1-2H3,(H,19,20,25). The molecule has 4 aromatic rings. The third kappa shape index (κ3) is 3.06. The molecule has 4 rings (SSSR count). The summed E-state index contributed by atoms with van der Waals surface area (Å²) in [5.41, 5.74) is 3.38. The lowest BCUT2D eigenvalue weighted by Crippen LogP contribution is -2.11. The van der Waals surface area contributed by atoms with Crippen molar-refractivity contribution >= 4 is 32.6 Å². The lowest BCUT2D eigenvalue weighted by atomic mass is 10.1. The monoisotopic (exact) mass is 364 g/mol. The number of tetrazole rings is 1. The van der Waals surface area contributed by atoms with Gasteiger partial charge in [0, 0.05) is 17.7 Å². The van der Waals surface area contributed by atoms with Crippen LogP contribution in [0.2, 0.25) is 0 Å². The highest BCUT2D eigenvalue weighted by atomic mass is 32.1. The molecule has 8 heteroatoms. The zero-order chi connectivity index (χ0) is 18.1. The van der Waals surface area contributed by atoms with Crippen LogP contribution >= 0.6 is 11.3 Å². The van der Waals surface area contributed by atoms with E-state index in [0.717, 1.165) is 15.8 Å². The smallest absolute Gasteiger partial charge is 0.257 e. The molecule has 0 aliphatic carbocycles. The number of rotatable bonds is 4. The van der Waals surface area contributed by atoms with Crippen LogP contribution < -0.4 is 5.32 Å². The largest absolute Gasteiger partial charge is 0.298 e. The first kappa shape index (κ1) is 16.3. The van der Waals surface area contributed by atoms with E-state index in [1.165, 1.54) is 16.9 Å². The van der Waals surface area contributed by atoms with Gasteiger partial charge in [-0.1, -0.05) is 29.5 Å². The number of anilines is 1. The lowest BCUT2D eigenvalue weighted by molar-refractivity contribution is 0.102. The van der Waals surface area contributed by atoms with Crippen LogP contribution in [0.3, 0.4) is 0 Å². The number of hydrogen-bond donors (Lipinski definition) is 1. The number of aromatic nitrogens is 5. The van der Waals surface area contributed by atoms with Crippen LogP contribution in [0.5, 0.6) is 0 Å². The van der Waals surface area contributed by atoms with Crippen molar-refractivity contribution in [2.24, 2.45) is 0 Å². The number of nitrogens with one attached hydrogen (secondary N) is 1. The Bertz CT molecular complexity index is 1100. The molecule has 1 N–H and O–H groups in total. The van der Waals surface area contributed by atoms with E-state index in [0.29, 0.717) is 23.1 Å². The van der Waals surface area contributed by atoms with E-state index >= 15 is 0 Å². The second-order valence-corrected chi connectivity index (χ2v) is 6.87. The maximum absolute atomic E-state index is 12.6. The molecule has 0 bridgehead atoms. The predicted octanol–water partition coefficient (Wildman–Crippen LogP) is 3.53. The highest BCUT2D eigenvalue weighted by Gasteiger charge is 2.13. The molecule has 0 radical (unpaired) electrons. The Morgan fingerprint density at radius 1 is 1.23 bits per heavy atom. The average molecular weight is 364 g/mol. The van der Waals surface area contributed by atoms with E-state index in [-0.39, 0.29) is 5.91 Å². The van der Waals surface area contributed by atoms with Crippen molar-refractivity contribution in [3.63, 3.8) is 0 Å². The summed E-state index contributed by atoms with van der Waals surface area (Å²) in [5.74, 6) is 0.427. The Balaban J connectivity index is 1.60. The van der Waals surface area contributed by atoms with Crippen molar-refractivity contribution in [3.8, 4) is 11.4 Å². The summed E-state index contributed by atoms with van der Waals surface area (Å²) < 4.78 is 2.74. The molecule has 2 aromatic heterocycles. The highest BCUT2D eigenvalue weighted by molar-refractivity contribution is 7.22. The minimum atomic E-state index is -0.210. The first-order valence-corrected chi connectivity index (χ1v) is 9.01. The minimum absolute atomic E-state index is 0.210. The van der Waals surface area contributed by atoms with E-state index in [1.54, 1.807) is 16.8 Å². The molecule has 7 nitrogen and oxygen atoms in total. The van der Waals surface area contributed by atoms with Crippen LogP contribution in [-0.2, 0) is 6.54 Å². The van der Waals surface area contributed by atoms with E-state index in [9.17, 15) is 4.79 Å². The summed E-state index contributed by atoms with van der Waals surface area (Å²) in [5, 5.41) is 15.1. The summed E-state index contributed by atoms with van der Waals surface area (Å²) in [4.78, 5) is 17.1. The molecule has 0 spiro atoms. The molecule has 2 heterocycles. The van der Waals surface area contributed by atoms with E-state index < -0.39 is 0 Å². The zero-order valence-corrected chi connectivity index (χ0v) is 15.1. The number of carbonyl (C=O) groups is 1. The number of carbonyl (C=O) groups excluding carboxylic acids is 1. The average Bonchev–Trinajstić information content (AvgIpc) is 3.27. The van der Waals surface area contributed by atoms with Gasteiger partial charge in [0.25, 0.3) is 5.91 Å². The van der Waals surface area contributed by atoms with Gasteiger partial charge in [-0.15, -0.1) is 5.10 Å². The van der Waals surface area contributed by atoms with Gasteiger partial charge in [-0.25, -0.2) is 9.67 Å². The van der Waals surface area contributed by atoms with Gasteiger partial charge in [0.15, 0.2) is 11.0 Å². The van der Waals surface area contributed by atoms with Crippen molar-refractivity contribution in [1.29, 1.82) is 0 Å². The third-order valence-electron chi connectivity index (χ3n) is 3.98. The Kier molecular flexibility index (Phi) is 4.18. The molecule has 0 aliphatic rings. The summed E-state index contributed by atoms with van der Waals surface area (Å²) in [6.07, 6.45) is 0. The van der Waals surface area contributed by atoms with Crippen molar-refractivity contribution in [2.45, 2.75) is 20.4 Å². The Hall–Kier alpha value is -3.13. The second kappa shape index (κ2) is 6.64. The van der Waals surface area contributed by atoms with Gasteiger partial charge in [-0.2, -0.15) is 0 Å². The Morgan fingerprint density at radius 3 is 2.96 bits per heavy atom. The number of benzene rings is 2. The molecule has 26 heavy (non-hydrogen) atoms. The molecule has 130 valence electrons. The first-order valence-electron chi connectivity index (χ1n) is 8.19. The topological polar surface area (TPSA) is 85.6 Å². The maximum atomic E-state index is 12.6. The van der Waals surface area contributed by atoms with Crippen molar-refractivity contribution in [1.82, 2.24) is 25.2 Å². The summed E-state index contributed by atoms with van der Waals surface area (Å²) >= 11 is 1.46. The second-order valence-electron chi connectivity index (χ2n) is 5.84. The third-order valence-corrected chi connectivity index (χ3v) is 4.91. The molecule has 2 aromatic carbocycles. The highest BCUT2D eigenvalue weighted by Crippen LogP contribution is 2.27. The van der Waals surface area contributed by atoms with Gasteiger partial charge in [-0.05, 0) is 54.1 Å². The summed E-state index contributed by atoms with van der Waals surface area (Å²) in [6.45, 7) is 4.65. The number of hydrogen-bond acceptors (Lipinski definition) is 6. The predicted molar refractivity (Wildman–Crippen MR) is 101 cm³/mol. The fraction of sp³-hybridized carbons (Fsp3) is 0.167. The van der Waals surface area contributed by atoms with E-state index in [4.69, 9.17) is 0 Å². The Labute approximate surface area is 153 Å². The Morgan fingerprint density at radius 2 is 2.12 bits per heavy atom. The van der Waals surface area contributed by atoms with Crippen LogP contribution in [0, 0.1) is 6.92 Å². The molecular formula is C18H16N6OS. The van der Waals surface area contributed by atoms with Crippen molar-refractivity contribution in [2.75, 3.05) is 5.32 Å². The minimum Gasteiger partial charge on any atom is -0.298 e. The van der Waals surface area contributed by atoms with Gasteiger partial charge in [0.2, 0.25) is 0 Å². The zero-order valence-electron chi connectivity index (χ0n) is 14.3. The molecule has 0 fully saturated rings. The maximum Gasteiger partial charge on any atom is 0.257 e. The number of thiazole rings is 1. The van der Waals surface area contributed by atoms with E-state index in [1.807, 2.05) is 38.1 Å². The number of amides is 1. The van der Waals surface area contributed by atoms with Crippen LogP contribution in [-0.4, -0.2) is 31.1 Å². The van der Waals surface area contributed by atoms with Crippen LogP contribution in [0.1, 0.15) is 22.8 Å². The van der Waals surface area contributed by atoms with Gasteiger partial charge < -0.3 is 0 Å². The van der Waals surface area contributed by atoms with Crippen molar-refractivity contribution in [3.05, 3.63) is 53.6 Å². The fourth-order valence-corrected chi connectivity index (χ4v) is 3.64. The lowest BCUT2D eigenvalue weighted by Gasteiger charge is -2.05. The molecule has 0 atom stereocenters. The fourth-order valence-electron chi connectivity index (χ4n) is 2.68. The van der Waals surface area contributed by atoms with Gasteiger partial charge >= 0.3 is 0 Å². The molecule has 0 unspecified atom stereocenters. The van der Waals surface area contributed by atoms with Crippen LogP contribution in [0.15, 0.2) is 42.5 Å². The number of nitrogens with zero attached hydrogens (tertiary/aromatic N) is 5. The molecule has 0 aliphatic heterocycles. The SMILES string of the molecule is CCn1nnnc1-c1cccc(C(=O)Nc2nc3ccc(C)cc3s2)c1. The van der Waals surface area contributed by atoms with E-state index in [2.05, 4.69) is 31.9 Å². The molecule has 0 saturated heterocycles. The quantitative estimate of drug-likeness (QED) is 0.599. The normalized spacial score (nSPS) is 11.0. The van der Waals surface area contributed by atoms with Crippen molar-refractivity contribution < 1.29 is 4.79 Å². The summed E-state index contributed by atoms with van der Waals surface area (Å²) in [6, 6.07) is 13.3. The molecular weight excluding hydrogens is 348 g/mol. The van der Waals surface area contributed by atoms with Gasteiger partial charge in [-0.3, -0.25) is 10.1 Å². The van der Waals surface area contributed by atoms with Gasteiger partial charge in [0.1, 0.15) is 0 Å².